The molecule has 1 aliphatic rings. The first-order chi connectivity index (χ1) is 19.5. The van der Waals surface area contributed by atoms with Gasteiger partial charge in [0.2, 0.25) is 5.91 Å². The molecular weight excluding hydrogens is 534 g/mol. The molecule has 0 bridgehead atoms. The normalized spacial score (nSPS) is 15.1. The van der Waals surface area contributed by atoms with Crippen molar-refractivity contribution in [1.82, 2.24) is 15.1 Å². The number of nitrogens with one attached hydrogen (secondary N) is 1. The van der Waals surface area contributed by atoms with Crippen molar-refractivity contribution in [2.45, 2.75) is 167 Å². The maximum Gasteiger partial charge on any atom is 0.407 e. The Labute approximate surface area is 260 Å². The fourth-order valence-electron chi connectivity index (χ4n) is 5.85. The van der Waals surface area contributed by atoms with Gasteiger partial charge in [0.25, 0.3) is 0 Å². The summed E-state index contributed by atoms with van der Waals surface area (Å²) < 4.78 is 5.35. The lowest BCUT2D eigenvalue weighted by Crippen LogP contribution is -2.44. The molecule has 0 saturated carbocycles. The Bertz CT molecular complexity index is 606. The second-order valence-corrected chi connectivity index (χ2v) is 12.5. The monoisotopic (exact) mass is 601 g/mol. The Morgan fingerprint density at radius 1 is 0.756 bits per heavy atom. The van der Waals surface area contributed by atoms with Gasteiger partial charge in [0.05, 0.1) is 6.61 Å². The van der Waals surface area contributed by atoms with Crippen LogP contribution in [0.15, 0.2) is 0 Å². The van der Waals surface area contributed by atoms with Gasteiger partial charge in [-0.05, 0) is 39.8 Å². The van der Waals surface area contributed by atoms with Crippen LogP contribution in [-0.4, -0.2) is 68.2 Å². The first kappa shape index (κ1) is 40.0. The second kappa shape index (κ2) is 29.1. The summed E-state index contributed by atoms with van der Waals surface area (Å²) in [4.78, 5) is 28.8. The van der Waals surface area contributed by atoms with Gasteiger partial charge in [-0.1, -0.05) is 122 Å². The van der Waals surface area contributed by atoms with Crippen LogP contribution in [-0.2, 0) is 9.53 Å². The van der Waals surface area contributed by atoms with Crippen molar-refractivity contribution < 1.29 is 14.3 Å². The van der Waals surface area contributed by atoms with E-state index in [9.17, 15) is 9.59 Å². The highest BCUT2D eigenvalue weighted by Crippen LogP contribution is 2.22. The van der Waals surface area contributed by atoms with E-state index < -0.39 is 0 Å². The number of piperidine rings is 1. The van der Waals surface area contributed by atoms with Crippen LogP contribution in [0.4, 0.5) is 4.79 Å². The van der Waals surface area contributed by atoms with E-state index in [0.717, 1.165) is 45.2 Å². The van der Waals surface area contributed by atoms with Crippen LogP contribution in [0, 0.1) is 0 Å². The first-order valence-electron chi connectivity index (χ1n) is 17.4. The molecule has 6 nitrogen and oxygen atoms in total. The van der Waals surface area contributed by atoms with E-state index in [0.29, 0.717) is 25.5 Å². The fraction of sp³-hybridized carbons (Fsp3) is 0.941. The van der Waals surface area contributed by atoms with Crippen molar-refractivity contribution in [2.24, 2.45) is 0 Å². The molecule has 0 spiro atoms. The van der Waals surface area contributed by atoms with Gasteiger partial charge in [-0.15, -0.1) is 12.4 Å². The average Bonchev–Trinajstić information content (AvgIpc) is 2.94. The predicted molar refractivity (Wildman–Crippen MR) is 177 cm³/mol. The van der Waals surface area contributed by atoms with Gasteiger partial charge in [0, 0.05) is 38.5 Å². The summed E-state index contributed by atoms with van der Waals surface area (Å²) in [7, 11) is 3.95. The van der Waals surface area contributed by atoms with Crippen molar-refractivity contribution in [3.63, 3.8) is 0 Å². The maximum absolute atomic E-state index is 12.9. The summed E-state index contributed by atoms with van der Waals surface area (Å²) in [5.41, 5.74) is 0. The van der Waals surface area contributed by atoms with E-state index in [2.05, 4.69) is 17.1 Å². The van der Waals surface area contributed by atoms with Crippen LogP contribution in [0.25, 0.3) is 0 Å². The Balaban J connectivity index is 0.0000160. The quantitative estimate of drug-likeness (QED) is 0.100. The first-order valence-corrected chi connectivity index (χ1v) is 17.4. The van der Waals surface area contributed by atoms with Gasteiger partial charge >= 0.3 is 6.09 Å². The highest BCUT2D eigenvalue weighted by Gasteiger charge is 2.26. The molecular formula is C34H68ClN3O3. The number of alkyl carbamates (subject to hydrolysis) is 1. The number of likely N-dealkylation sites (tertiary alicyclic amines) is 1. The van der Waals surface area contributed by atoms with Crippen LogP contribution < -0.4 is 5.32 Å². The molecule has 1 N–H and O–H groups in total. The Kier molecular flexibility index (Phi) is 28.4. The standard InChI is InChI=1S/C34H67N3O3.ClH/c1-4-5-6-7-8-9-10-11-12-13-14-15-16-17-18-19-20-21-22-26-33(38)37-29-24-23-25-32(37)27-31-40-34(39)35-28-30-36(2)3;/h32H,4-31H2,1-3H3,(H,35,39);1H. The van der Waals surface area contributed by atoms with Crippen LogP contribution >= 0.6 is 12.4 Å². The summed E-state index contributed by atoms with van der Waals surface area (Å²) in [5, 5.41) is 2.78. The van der Waals surface area contributed by atoms with E-state index in [-0.39, 0.29) is 24.5 Å². The molecule has 1 heterocycles. The highest BCUT2D eigenvalue weighted by molar-refractivity contribution is 5.85. The third-order valence-electron chi connectivity index (χ3n) is 8.45. The third kappa shape index (κ3) is 24.2. The number of ether oxygens (including phenoxy) is 1. The molecule has 0 aromatic rings. The average molecular weight is 602 g/mol. The van der Waals surface area contributed by atoms with E-state index in [1.165, 1.54) is 116 Å². The van der Waals surface area contributed by atoms with Gasteiger partial charge in [0.15, 0.2) is 0 Å². The molecule has 0 aromatic carbocycles. The van der Waals surface area contributed by atoms with Gasteiger partial charge in [-0.2, -0.15) is 0 Å². The zero-order chi connectivity index (χ0) is 29.1. The molecule has 0 aromatic heterocycles. The molecule has 1 unspecified atom stereocenters. The van der Waals surface area contributed by atoms with Crippen LogP contribution in [0.3, 0.4) is 0 Å². The minimum Gasteiger partial charge on any atom is -0.449 e. The third-order valence-corrected chi connectivity index (χ3v) is 8.45. The van der Waals surface area contributed by atoms with E-state index in [4.69, 9.17) is 4.74 Å². The number of amides is 2. The minimum absolute atomic E-state index is 0. The topological polar surface area (TPSA) is 61.9 Å². The van der Waals surface area contributed by atoms with E-state index in [1.807, 2.05) is 19.0 Å². The molecule has 1 saturated heterocycles. The predicted octanol–water partition coefficient (Wildman–Crippen LogP) is 9.29. The summed E-state index contributed by atoms with van der Waals surface area (Å²) in [6, 6.07) is 0.219. The number of carbonyl (C=O) groups is 2. The summed E-state index contributed by atoms with van der Waals surface area (Å²) in [6.07, 6.45) is 30.3. The molecule has 1 atom stereocenters. The van der Waals surface area contributed by atoms with Gasteiger partial charge < -0.3 is 19.9 Å². The molecule has 1 fully saturated rings. The number of hydrogen-bond acceptors (Lipinski definition) is 4. The minimum atomic E-state index is -0.357. The lowest BCUT2D eigenvalue weighted by molar-refractivity contribution is -0.135. The van der Waals surface area contributed by atoms with Crippen molar-refractivity contribution in [3.05, 3.63) is 0 Å². The summed E-state index contributed by atoms with van der Waals surface area (Å²) in [6.45, 7) is 4.90. The van der Waals surface area contributed by atoms with E-state index >= 15 is 0 Å². The lowest BCUT2D eigenvalue weighted by Gasteiger charge is -2.36. The fourth-order valence-corrected chi connectivity index (χ4v) is 5.85. The molecule has 1 rings (SSSR count). The van der Waals surface area contributed by atoms with Gasteiger partial charge in [-0.3, -0.25) is 4.79 Å². The summed E-state index contributed by atoms with van der Waals surface area (Å²) in [5.74, 6) is 0.298. The number of nitrogens with zero attached hydrogens (tertiary/aromatic N) is 2. The number of carbonyl (C=O) groups excluding carboxylic acids is 2. The number of likely N-dealkylation sites (N-methyl/N-ethyl adjacent to an activating group) is 1. The Morgan fingerprint density at radius 3 is 1.73 bits per heavy atom. The smallest absolute Gasteiger partial charge is 0.407 e. The maximum atomic E-state index is 12.9. The van der Waals surface area contributed by atoms with Gasteiger partial charge in [0.1, 0.15) is 0 Å². The van der Waals surface area contributed by atoms with Crippen molar-refractivity contribution in [1.29, 1.82) is 0 Å². The largest absolute Gasteiger partial charge is 0.449 e. The van der Waals surface area contributed by atoms with Crippen LogP contribution in [0.2, 0.25) is 0 Å². The van der Waals surface area contributed by atoms with Crippen molar-refractivity contribution in [3.8, 4) is 0 Å². The molecule has 1 aliphatic heterocycles. The van der Waals surface area contributed by atoms with Crippen molar-refractivity contribution >= 4 is 24.4 Å². The zero-order valence-corrected chi connectivity index (χ0v) is 28.2. The second-order valence-electron chi connectivity index (χ2n) is 12.5. The van der Waals surface area contributed by atoms with Gasteiger partial charge in [-0.25, -0.2) is 4.79 Å². The number of rotatable bonds is 26. The van der Waals surface area contributed by atoms with Crippen LogP contribution in [0.1, 0.15) is 161 Å². The van der Waals surface area contributed by atoms with Crippen LogP contribution in [0.5, 0.6) is 0 Å². The number of hydrogen-bond donors (Lipinski definition) is 1. The zero-order valence-electron chi connectivity index (χ0n) is 27.4. The number of halogens is 1. The Hall–Kier alpha value is -1.01. The number of unbranched alkanes of at least 4 members (excludes halogenated alkanes) is 18. The molecule has 2 amide bonds. The summed E-state index contributed by atoms with van der Waals surface area (Å²) >= 11 is 0. The highest BCUT2D eigenvalue weighted by atomic mass is 35.5. The molecule has 0 aliphatic carbocycles. The van der Waals surface area contributed by atoms with Crippen molar-refractivity contribution in [2.75, 3.05) is 40.3 Å². The van der Waals surface area contributed by atoms with E-state index in [1.54, 1.807) is 0 Å². The Morgan fingerprint density at radius 2 is 1.24 bits per heavy atom. The molecule has 41 heavy (non-hydrogen) atoms. The molecule has 244 valence electrons. The SMILES string of the molecule is CCCCCCCCCCCCCCCCCCCCCC(=O)N1CCCCC1CCOC(=O)NCCN(C)C.Cl. The molecule has 0 radical (unpaired) electrons. The molecule has 7 heteroatoms. The lowest BCUT2D eigenvalue weighted by atomic mass is 9.98.